The first-order valence-electron chi connectivity index (χ1n) is 7.03. The molecule has 0 unspecified atom stereocenters. The summed E-state index contributed by atoms with van der Waals surface area (Å²) in [6.07, 6.45) is 0.922. The van der Waals surface area contributed by atoms with E-state index in [4.69, 9.17) is 14.7 Å². The fourth-order valence-electron chi connectivity index (χ4n) is 1.96. The van der Waals surface area contributed by atoms with Gasteiger partial charge in [0.1, 0.15) is 23.8 Å². The van der Waals surface area contributed by atoms with E-state index in [0.717, 1.165) is 12.0 Å². The predicted molar refractivity (Wildman–Crippen MR) is 85.4 cm³/mol. The van der Waals surface area contributed by atoms with Gasteiger partial charge in [-0.15, -0.1) is 11.3 Å². The van der Waals surface area contributed by atoms with E-state index in [1.807, 2.05) is 19.1 Å². The third-order valence-corrected chi connectivity index (χ3v) is 4.47. The number of nitrogens with zero attached hydrogens (tertiary/aromatic N) is 1. The van der Waals surface area contributed by atoms with E-state index in [2.05, 4.69) is 6.92 Å². The van der Waals surface area contributed by atoms with Crippen LogP contribution >= 0.6 is 11.3 Å². The Labute approximate surface area is 133 Å². The first-order chi connectivity index (χ1) is 10.6. The smallest absolute Gasteiger partial charge is 0.348 e. The molecule has 2 aromatic rings. The highest BCUT2D eigenvalue weighted by Crippen LogP contribution is 2.23. The molecule has 1 aromatic carbocycles. The van der Waals surface area contributed by atoms with Crippen LogP contribution in [0.2, 0.25) is 0 Å². The monoisotopic (exact) mass is 315 g/mol. The van der Waals surface area contributed by atoms with Crippen LogP contribution in [0.1, 0.15) is 32.6 Å². The molecule has 0 saturated carbocycles. The van der Waals surface area contributed by atoms with E-state index in [1.165, 1.54) is 16.2 Å². The second-order valence-electron chi connectivity index (χ2n) is 4.69. The van der Waals surface area contributed by atoms with Gasteiger partial charge in [0.15, 0.2) is 0 Å². The van der Waals surface area contributed by atoms with Crippen molar-refractivity contribution in [3.05, 3.63) is 51.2 Å². The number of thiophene rings is 1. The van der Waals surface area contributed by atoms with Gasteiger partial charge >= 0.3 is 5.97 Å². The Morgan fingerprint density at radius 1 is 1.27 bits per heavy atom. The van der Waals surface area contributed by atoms with Crippen molar-refractivity contribution >= 4 is 17.3 Å². The SMILES string of the molecule is CCc1sc(C(=O)OCCOc2ccc(C#N)cc2)cc1C. The number of esters is 1. The van der Waals surface area contributed by atoms with Gasteiger partial charge in [0.2, 0.25) is 0 Å². The lowest BCUT2D eigenvalue weighted by Gasteiger charge is -2.06. The summed E-state index contributed by atoms with van der Waals surface area (Å²) in [7, 11) is 0. The van der Waals surface area contributed by atoms with Gasteiger partial charge in [-0.05, 0) is 49.2 Å². The Hall–Kier alpha value is -2.32. The van der Waals surface area contributed by atoms with Gasteiger partial charge in [0.25, 0.3) is 0 Å². The fraction of sp³-hybridized carbons (Fsp3) is 0.294. The summed E-state index contributed by atoms with van der Waals surface area (Å²) in [4.78, 5) is 13.8. The Kier molecular flexibility index (Phi) is 5.56. The summed E-state index contributed by atoms with van der Waals surface area (Å²) in [6, 6.07) is 10.7. The van der Waals surface area contributed by atoms with E-state index in [9.17, 15) is 4.79 Å². The van der Waals surface area contributed by atoms with Crippen molar-refractivity contribution in [2.24, 2.45) is 0 Å². The highest BCUT2D eigenvalue weighted by atomic mass is 32.1. The van der Waals surface area contributed by atoms with E-state index in [1.54, 1.807) is 24.3 Å². The summed E-state index contributed by atoms with van der Waals surface area (Å²) >= 11 is 1.48. The van der Waals surface area contributed by atoms with Crippen LogP contribution in [0.4, 0.5) is 0 Å². The van der Waals surface area contributed by atoms with Gasteiger partial charge in [-0.3, -0.25) is 0 Å². The van der Waals surface area contributed by atoms with Crippen molar-refractivity contribution in [1.82, 2.24) is 0 Å². The number of hydrogen-bond donors (Lipinski definition) is 0. The predicted octanol–water partition coefficient (Wildman–Crippen LogP) is 3.73. The molecule has 0 atom stereocenters. The quantitative estimate of drug-likeness (QED) is 0.602. The molecular formula is C17H17NO3S. The molecule has 5 heteroatoms. The summed E-state index contributed by atoms with van der Waals surface area (Å²) in [5, 5.41) is 8.70. The molecule has 0 amide bonds. The molecule has 1 heterocycles. The average molecular weight is 315 g/mol. The van der Waals surface area contributed by atoms with Crippen molar-refractivity contribution in [1.29, 1.82) is 5.26 Å². The molecule has 2 rings (SSSR count). The van der Waals surface area contributed by atoms with Crippen LogP contribution < -0.4 is 4.74 Å². The van der Waals surface area contributed by atoms with Crippen molar-refractivity contribution in [3.8, 4) is 11.8 Å². The first-order valence-corrected chi connectivity index (χ1v) is 7.85. The number of ether oxygens (including phenoxy) is 2. The molecule has 0 aliphatic heterocycles. The van der Waals surface area contributed by atoms with Gasteiger partial charge in [0, 0.05) is 4.88 Å². The molecule has 0 aliphatic rings. The summed E-state index contributed by atoms with van der Waals surface area (Å²) < 4.78 is 10.7. The largest absolute Gasteiger partial charge is 0.490 e. The Balaban J connectivity index is 1.78. The summed E-state index contributed by atoms with van der Waals surface area (Å²) in [5.41, 5.74) is 1.71. The molecular weight excluding hydrogens is 298 g/mol. The molecule has 22 heavy (non-hydrogen) atoms. The molecule has 0 fully saturated rings. The van der Waals surface area contributed by atoms with E-state index >= 15 is 0 Å². The number of hydrogen-bond acceptors (Lipinski definition) is 5. The van der Waals surface area contributed by atoms with Gasteiger partial charge in [-0.2, -0.15) is 5.26 Å². The fourth-order valence-corrected chi connectivity index (χ4v) is 2.97. The van der Waals surface area contributed by atoms with Crippen molar-refractivity contribution in [2.45, 2.75) is 20.3 Å². The zero-order chi connectivity index (χ0) is 15.9. The Bertz CT molecular complexity index is 683. The maximum absolute atomic E-state index is 11.9. The molecule has 0 saturated heterocycles. The normalized spacial score (nSPS) is 10.0. The second-order valence-corrected chi connectivity index (χ2v) is 5.83. The second kappa shape index (κ2) is 7.62. The van der Waals surface area contributed by atoms with E-state index in [-0.39, 0.29) is 19.2 Å². The number of benzene rings is 1. The summed E-state index contributed by atoms with van der Waals surface area (Å²) in [6.45, 7) is 4.54. The number of rotatable bonds is 6. The van der Waals surface area contributed by atoms with Gasteiger partial charge in [0.05, 0.1) is 11.6 Å². The molecule has 0 N–H and O–H groups in total. The van der Waals surface area contributed by atoms with Crippen LogP contribution in [0.5, 0.6) is 5.75 Å². The molecule has 1 aromatic heterocycles. The molecule has 0 aliphatic carbocycles. The third kappa shape index (κ3) is 4.09. The van der Waals surface area contributed by atoms with Crippen LogP contribution in [0.3, 0.4) is 0 Å². The van der Waals surface area contributed by atoms with Crippen LogP contribution in [0, 0.1) is 18.3 Å². The lowest BCUT2D eigenvalue weighted by molar-refractivity contribution is 0.0456. The minimum Gasteiger partial charge on any atom is -0.490 e. The topological polar surface area (TPSA) is 59.3 Å². The van der Waals surface area contributed by atoms with Crippen LogP contribution in [-0.2, 0) is 11.2 Å². The molecule has 114 valence electrons. The number of aryl methyl sites for hydroxylation is 2. The van der Waals surface area contributed by atoms with Crippen LogP contribution in [0.25, 0.3) is 0 Å². The highest BCUT2D eigenvalue weighted by Gasteiger charge is 2.12. The minimum atomic E-state index is -0.309. The highest BCUT2D eigenvalue weighted by molar-refractivity contribution is 7.14. The average Bonchev–Trinajstić information content (AvgIpc) is 2.93. The first kappa shape index (κ1) is 16.1. The number of carbonyl (C=O) groups excluding carboxylic acids is 1. The molecule has 0 radical (unpaired) electrons. The molecule has 4 nitrogen and oxygen atoms in total. The lowest BCUT2D eigenvalue weighted by atomic mass is 10.2. The van der Waals surface area contributed by atoms with Crippen molar-refractivity contribution in [2.75, 3.05) is 13.2 Å². The Morgan fingerprint density at radius 2 is 2.00 bits per heavy atom. The maximum atomic E-state index is 11.9. The summed E-state index contributed by atoms with van der Waals surface area (Å²) in [5.74, 6) is 0.339. The van der Waals surface area contributed by atoms with Crippen LogP contribution in [0.15, 0.2) is 30.3 Å². The number of carbonyl (C=O) groups is 1. The van der Waals surface area contributed by atoms with Crippen molar-refractivity contribution in [3.63, 3.8) is 0 Å². The van der Waals surface area contributed by atoms with Gasteiger partial charge in [-0.25, -0.2) is 4.79 Å². The number of nitriles is 1. The van der Waals surface area contributed by atoms with Crippen LogP contribution in [-0.4, -0.2) is 19.2 Å². The van der Waals surface area contributed by atoms with E-state index < -0.39 is 0 Å². The molecule has 0 spiro atoms. The van der Waals surface area contributed by atoms with Crippen molar-refractivity contribution < 1.29 is 14.3 Å². The van der Waals surface area contributed by atoms with E-state index in [0.29, 0.717) is 16.2 Å². The van der Waals surface area contributed by atoms with Gasteiger partial charge in [-0.1, -0.05) is 6.92 Å². The zero-order valence-electron chi connectivity index (χ0n) is 12.6. The lowest BCUT2D eigenvalue weighted by Crippen LogP contribution is -2.11. The van der Waals surface area contributed by atoms with Gasteiger partial charge < -0.3 is 9.47 Å². The minimum absolute atomic E-state index is 0.192. The Morgan fingerprint density at radius 3 is 2.59 bits per heavy atom. The third-order valence-electron chi connectivity index (χ3n) is 3.11. The molecule has 0 bridgehead atoms. The zero-order valence-corrected chi connectivity index (χ0v) is 13.4. The maximum Gasteiger partial charge on any atom is 0.348 e. The standard InChI is InChI=1S/C17H17NO3S/c1-3-15-12(2)10-16(22-15)17(19)21-9-8-20-14-6-4-13(11-18)5-7-14/h4-7,10H,3,8-9H2,1-2H3.